The molecule has 0 bridgehead atoms. The fourth-order valence-electron chi connectivity index (χ4n) is 3.32. The summed E-state index contributed by atoms with van der Waals surface area (Å²) in [6, 6.07) is 0. The maximum Gasteiger partial charge on any atom is 0.222 e. The fourth-order valence-corrected chi connectivity index (χ4v) is 3.32. The number of piperidine rings is 1. The summed E-state index contributed by atoms with van der Waals surface area (Å²) < 4.78 is 0. The topological polar surface area (TPSA) is 35.6 Å². The van der Waals surface area contributed by atoms with Crippen LogP contribution in [0.15, 0.2) is 0 Å². The molecule has 118 valence electrons. The number of likely N-dealkylation sites (tertiary alicyclic amines) is 1. The van der Waals surface area contributed by atoms with Crippen LogP contribution in [0.3, 0.4) is 0 Å². The van der Waals surface area contributed by atoms with E-state index in [0.29, 0.717) is 11.3 Å². The largest absolute Gasteiger partial charge is 0.349 e. The third kappa shape index (κ3) is 4.90. The molecule has 0 radical (unpaired) electrons. The molecule has 2 aliphatic rings. The Bertz CT molecular complexity index is 308. The molecule has 4 nitrogen and oxygen atoms in total. The van der Waals surface area contributed by atoms with Gasteiger partial charge in [0, 0.05) is 33.6 Å². The second-order valence-electron chi connectivity index (χ2n) is 6.95. The molecule has 2 heterocycles. The van der Waals surface area contributed by atoms with Crippen LogP contribution in [0.1, 0.15) is 32.6 Å². The molecule has 1 N–H and O–H groups in total. The van der Waals surface area contributed by atoms with Crippen molar-refractivity contribution in [3.8, 4) is 0 Å². The van der Waals surface area contributed by atoms with E-state index in [0.717, 1.165) is 13.0 Å². The summed E-state index contributed by atoms with van der Waals surface area (Å²) in [4.78, 5) is 16.0. The van der Waals surface area contributed by atoms with E-state index in [-0.39, 0.29) is 18.3 Å². The number of hydrogen-bond donors (Lipinski definition) is 1. The summed E-state index contributed by atoms with van der Waals surface area (Å²) in [6.45, 7) is 8.28. The molecule has 2 fully saturated rings. The Morgan fingerprint density at radius 3 is 2.50 bits per heavy atom. The number of nitrogens with zero attached hydrogens (tertiary/aromatic N) is 2. The van der Waals surface area contributed by atoms with Crippen LogP contribution in [0.2, 0.25) is 0 Å². The lowest BCUT2D eigenvalue weighted by Crippen LogP contribution is -2.42. The van der Waals surface area contributed by atoms with Gasteiger partial charge in [-0.15, -0.1) is 12.4 Å². The molecule has 1 amide bonds. The van der Waals surface area contributed by atoms with Gasteiger partial charge in [0.25, 0.3) is 0 Å². The Labute approximate surface area is 129 Å². The van der Waals surface area contributed by atoms with Crippen molar-refractivity contribution in [1.29, 1.82) is 0 Å². The van der Waals surface area contributed by atoms with E-state index in [1.54, 1.807) is 4.90 Å². The van der Waals surface area contributed by atoms with Gasteiger partial charge < -0.3 is 15.1 Å². The van der Waals surface area contributed by atoms with Gasteiger partial charge in [0.2, 0.25) is 5.91 Å². The normalized spacial score (nSPS) is 28.1. The van der Waals surface area contributed by atoms with E-state index in [9.17, 15) is 4.79 Å². The lowest BCUT2D eigenvalue weighted by atomic mass is 9.87. The van der Waals surface area contributed by atoms with Crippen molar-refractivity contribution in [2.24, 2.45) is 11.3 Å². The number of carbonyl (C=O) groups is 1. The molecule has 0 aromatic heterocycles. The van der Waals surface area contributed by atoms with Crippen molar-refractivity contribution >= 4 is 18.3 Å². The molecule has 1 unspecified atom stereocenters. The first-order valence-corrected chi connectivity index (χ1v) is 7.62. The van der Waals surface area contributed by atoms with Gasteiger partial charge in [-0.25, -0.2) is 0 Å². The van der Waals surface area contributed by atoms with Crippen molar-refractivity contribution in [2.75, 3.05) is 46.8 Å². The Kier molecular flexibility index (Phi) is 6.76. The highest BCUT2D eigenvalue weighted by Gasteiger charge is 2.32. The van der Waals surface area contributed by atoms with Gasteiger partial charge in [0.05, 0.1) is 0 Å². The first kappa shape index (κ1) is 17.7. The Hall–Kier alpha value is -0.320. The first-order chi connectivity index (χ1) is 8.98. The zero-order chi connectivity index (χ0) is 13.9. The van der Waals surface area contributed by atoms with Crippen molar-refractivity contribution < 1.29 is 4.79 Å². The Morgan fingerprint density at radius 1 is 1.35 bits per heavy atom. The van der Waals surface area contributed by atoms with E-state index in [1.807, 2.05) is 14.1 Å². The molecule has 0 aromatic carbocycles. The zero-order valence-corrected chi connectivity index (χ0v) is 14.0. The molecule has 0 aliphatic carbocycles. The van der Waals surface area contributed by atoms with Gasteiger partial charge in [0.1, 0.15) is 0 Å². The summed E-state index contributed by atoms with van der Waals surface area (Å²) in [6.07, 6.45) is 4.40. The van der Waals surface area contributed by atoms with Crippen molar-refractivity contribution in [3.63, 3.8) is 0 Å². The third-order valence-corrected chi connectivity index (χ3v) is 4.73. The quantitative estimate of drug-likeness (QED) is 0.857. The lowest BCUT2D eigenvalue weighted by molar-refractivity contribution is -0.130. The van der Waals surface area contributed by atoms with Gasteiger partial charge in [0.15, 0.2) is 0 Å². The second kappa shape index (κ2) is 7.62. The van der Waals surface area contributed by atoms with Crippen LogP contribution in [0.5, 0.6) is 0 Å². The van der Waals surface area contributed by atoms with Gasteiger partial charge >= 0.3 is 0 Å². The van der Waals surface area contributed by atoms with Crippen LogP contribution in [0, 0.1) is 11.3 Å². The molecule has 20 heavy (non-hydrogen) atoms. The minimum Gasteiger partial charge on any atom is -0.349 e. The minimum atomic E-state index is 0. The highest BCUT2D eigenvalue weighted by Crippen LogP contribution is 2.28. The fraction of sp³-hybridized carbons (Fsp3) is 0.933. The molecule has 2 aliphatic heterocycles. The van der Waals surface area contributed by atoms with Crippen LogP contribution in [-0.4, -0.2) is 62.5 Å². The lowest BCUT2D eigenvalue weighted by Gasteiger charge is -2.37. The van der Waals surface area contributed by atoms with Crippen LogP contribution in [0.25, 0.3) is 0 Å². The summed E-state index contributed by atoms with van der Waals surface area (Å²) in [5, 5.41) is 3.47. The average Bonchev–Trinajstić information content (AvgIpc) is 2.78. The van der Waals surface area contributed by atoms with Crippen LogP contribution >= 0.6 is 12.4 Å². The van der Waals surface area contributed by atoms with E-state index >= 15 is 0 Å². The monoisotopic (exact) mass is 303 g/mol. The van der Waals surface area contributed by atoms with E-state index in [4.69, 9.17) is 0 Å². The third-order valence-electron chi connectivity index (χ3n) is 4.73. The molecule has 0 saturated carbocycles. The van der Waals surface area contributed by atoms with Crippen LogP contribution in [0.4, 0.5) is 0 Å². The first-order valence-electron chi connectivity index (χ1n) is 7.62. The molecule has 2 rings (SSSR count). The molecular weight excluding hydrogens is 274 g/mol. The molecule has 0 aromatic rings. The van der Waals surface area contributed by atoms with Gasteiger partial charge in [-0.05, 0) is 50.2 Å². The number of rotatable bonds is 4. The molecule has 0 spiro atoms. The van der Waals surface area contributed by atoms with E-state index in [1.165, 1.54) is 45.4 Å². The smallest absolute Gasteiger partial charge is 0.222 e. The number of carbonyl (C=O) groups excluding carboxylic acids is 1. The maximum atomic E-state index is 11.7. The summed E-state index contributed by atoms with van der Waals surface area (Å²) in [7, 11) is 3.71. The van der Waals surface area contributed by atoms with Crippen molar-refractivity contribution in [3.05, 3.63) is 0 Å². The van der Waals surface area contributed by atoms with Gasteiger partial charge in [-0.2, -0.15) is 0 Å². The maximum absolute atomic E-state index is 11.7. The van der Waals surface area contributed by atoms with Crippen LogP contribution < -0.4 is 5.32 Å². The molecule has 1 atom stereocenters. The highest BCUT2D eigenvalue weighted by molar-refractivity contribution is 5.85. The molecule has 5 heteroatoms. The Balaban J connectivity index is 0.00000200. The number of nitrogens with one attached hydrogen (secondary N) is 1. The predicted octanol–water partition coefficient (Wildman–Crippen LogP) is 1.60. The number of halogens is 1. The molecule has 2 saturated heterocycles. The van der Waals surface area contributed by atoms with Crippen molar-refractivity contribution in [1.82, 2.24) is 15.1 Å². The average molecular weight is 304 g/mol. The Morgan fingerprint density at radius 2 is 2.00 bits per heavy atom. The molecular formula is C15H30ClN3O. The number of hydrogen-bond acceptors (Lipinski definition) is 3. The zero-order valence-electron chi connectivity index (χ0n) is 13.2. The van der Waals surface area contributed by atoms with Gasteiger partial charge in [-0.1, -0.05) is 6.92 Å². The van der Waals surface area contributed by atoms with Crippen molar-refractivity contribution in [2.45, 2.75) is 32.6 Å². The highest BCUT2D eigenvalue weighted by atomic mass is 35.5. The predicted molar refractivity (Wildman–Crippen MR) is 85.3 cm³/mol. The summed E-state index contributed by atoms with van der Waals surface area (Å²) >= 11 is 0. The minimum absolute atomic E-state index is 0. The second-order valence-corrected chi connectivity index (χ2v) is 6.95. The van der Waals surface area contributed by atoms with E-state index in [2.05, 4.69) is 17.1 Å². The number of amides is 1. The van der Waals surface area contributed by atoms with Crippen LogP contribution in [-0.2, 0) is 4.79 Å². The summed E-state index contributed by atoms with van der Waals surface area (Å²) in [5.74, 6) is 0.881. The van der Waals surface area contributed by atoms with E-state index < -0.39 is 0 Å². The van der Waals surface area contributed by atoms with Gasteiger partial charge in [-0.3, -0.25) is 4.79 Å². The standard InChI is InChI=1S/C15H29N3O.ClH/c1-15(6-7-16-11-15)12-18-8-4-13(5-9-18)10-14(19)17(2)3;/h13,16H,4-12H2,1-3H3;1H. The summed E-state index contributed by atoms with van der Waals surface area (Å²) in [5.41, 5.74) is 0.465. The SMILES string of the molecule is CN(C)C(=O)CC1CCN(CC2(C)CCNC2)CC1.Cl.